The van der Waals surface area contributed by atoms with Crippen LogP contribution in [0, 0.1) is 11.8 Å². The van der Waals surface area contributed by atoms with Crippen molar-refractivity contribution in [1.29, 1.82) is 0 Å². The van der Waals surface area contributed by atoms with Gasteiger partial charge in [0.1, 0.15) is 0 Å². The maximum absolute atomic E-state index is 11.5. The first-order chi connectivity index (χ1) is 13.3. The molecule has 0 aromatic rings. The average molecular weight is 397 g/mol. The van der Waals surface area contributed by atoms with Gasteiger partial charge in [0.25, 0.3) is 0 Å². The summed E-state index contributed by atoms with van der Waals surface area (Å²) >= 11 is 0. The Morgan fingerprint density at radius 3 is 2.57 bits per heavy atom. The molecule has 28 heavy (non-hydrogen) atoms. The predicted octanol–water partition coefficient (Wildman–Crippen LogP) is 3.91. The minimum absolute atomic E-state index is 0.0451. The van der Waals surface area contributed by atoms with E-state index in [1.807, 2.05) is 32.1 Å². The molecule has 0 saturated heterocycles. The molecule has 0 radical (unpaired) electrons. The molecule has 1 aliphatic rings. The van der Waals surface area contributed by atoms with Crippen LogP contribution in [0.5, 0.6) is 0 Å². The molecule has 0 heterocycles. The van der Waals surface area contributed by atoms with E-state index in [0.717, 1.165) is 38.5 Å². The summed E-state index contributed by atoms with van der Waals surface area (Å²) < 4.78 is 5.10. The number of carbonyl (C=O) groups is 1. The third kappa shape index (κ3) is 9.85. The van der Waals surface area contributed by atoms with Crippen LogP contribution < -0.4 is 0 Å². The lowest BCUT2D eigenvalue weighted by molar-refractivity contribution is -0.147. The van der Waals surface area contributed by atoms with Crippen molar-refractivity contribution in [1.82, 2.24) is 0 Å². The Kier molecular flexibility index (Phi) is 12.4. The molecule has 3 N–H and O–H groups in total. The van der Waals surface area contributed by atoms with Crippen molar-refractivity contribution in [2.24, 2.45) is 11.8 Å². The zero-order chi connectivity index (χ0) is 20.9. The van der Waals surface area contributed by atoms with Gasteiger partial charge in [-0.05, 0) is 45.4 Å². The molecular weight excluding hydrogens is 356 g/mol. The molecule has 5 heteroatoms. The van der Waals surface area contributed by atoms with E-state index in [0.29, 0.717) is 19.3 Å². The number of unbranched alkanes of at least 4 members (excludes halogenated alkanes) is 3. The van der Waals surface area contributed by atoms with Gasteiger partial charge in [0.05, 0.1) is 24.4 Å². The minimum atomic E-state index is -0.571. The predicted molar refractivity (Wildman–Crippen MR) is 112 cm³/mol. The fourth-order valence-corrected chi connectivity index (χ4v) is 3.72. The second-order valence-electron chi connectivity index (χ2n) is 8.20. The summed E-state index contributed by atoms with van der Waals surface area (Å²) in [4.78, 5) is 11.5. The van der Waals surface area contributed by atoms with E-state index in [2.05, 4.69) is 6.92 Å². The van der Waals surface area contributed by atoms with Crippen LogP contribution in [0.1, 0.15) is 78.6 Å². The van der Waals surface area contributed by atoms with Gasteiger partial charge >= 0.3 is 5.97 Å². The summed E-state index contributed by atoms with van der Waals surface area (Å²) in [5.74, 6) is -0.349. The highest BCUT2D eigenvalue weighted by molar-refractivity contribution is 5.69. The van der Waals surface area contributed by atoms with Gasteiger partial charge < -0.3 is 20.1 Å². The maximum atomic E-state index is 11.5. The van der Waals surface area contributed by atoms with Crippen molar-refractivity contribution in [3.63, 3.8) is 0 Å². The number of rotatable bonds is 13. The van der Waals surface area contributed by atoms with Gasteiger partial charge in [-0.3, -0.25) is 4.79 Å². The van der Waals surface area contributed by atoms with Gasteiger partial charge in [-0.25, -0.2) is 0 Å². The fraction of sp³-hybridized carbons (Fsp3) is 0.783. The molecular formula is C23H40O5. The molecule has 0 aliphatic heterocycles. The number of aliphatic hydroxyl groups is 3. The van der Waals surface area contributed by atoms with Gasteiger partial charge in [0.15, 0.2) is 0 Å². The second-order valence-corrected chi connectivity index (χ2v) is 8.20. The molecule has 1 aliphatic carbocycles. The molecule has 5 atom stereocenters. The molecule has 5 nitrogen and oxygen atoms in total. The molecule has 0 amide bonds. The number of hydrogen-bond acceptors (Lipinski definition) is 5. The van der Waals surface area contributed by atoms with E-state index in [9.17, 15) is 20.1 Å². The Balaban J connectivity index is 2.41. The summed E-state index contributed by atoms with van der Waals surface area (Å²) in [5.41, 5.74) is 0. The molecule has 1 rings (SSSR count). The number of hydrogen-bond donors (Lipinski definition) is 3. The zero-order valence-electron chi connectivity index (χ0n) is 17.8. The van der Waals surface area contributed by atoms with Gasteiger partial charge in [-0.2, -0.15) is 0 Å². The van der Waals surface area contributed by atoms with E-state index >= 15 is 0 Å². The summed E-state index contributed by atoms with van der Waals surface area (Å²) in [6.07, 6.45) is 13.0. The van der Waals surface area contributed by atoms with Crippen molar-refractivity contribution in [2.45, 2.75) is 103 Å². The molecule has 0 unspecified atom stereocenters. The number of carbonyl (C=O) groups excluding carboxylic acids is 1. The number of aliphatic hydroxyl groups excluding tert-OH is 3. The monoisotopic (exact) mass is 396 g/mol. The second kappa shape index (κ2) is 13.9. The van der Waals surface area contributed by atoms with Gasteiger partial charge in [-0.15, -0.1) is 0 Å². The Labute approximate surface area is 170 Å². The van der Waals surface area contributed by atoms with Crippen LogP contribution in [0.15, 0.2) is 24.3 Å². The van der Waals surface area contributed by atoms with E-state index in [-0.39, 0.29) is 23.9 Å². The van der Waals surface area contributed by atoms with E-state index < -0.39 is 18.3 Å². The van der Waals surface area contributed by atoms with Crippen LogP contribution in [0.4, 0.5) is 0 Å². The number of ether oxygens (including phenoxy) is 1. The maximum Gasteiger partial charge on any atom is 0.306 e. The standard InChI is InChI=1S/C23H40O5/c1-4-5-8-11-18(24)14-15-20-19(21(25)16-22(20)26)12-9-6-7-10-13-23(27)28-17(2)3/h6,9,14-15,17-22,24-26H,4-5,7-8,10-13,16H2,1-3H3/b9-6-,15-14+/t18-,19+,20+,21+,22+/m0/s1. The average Bonchev–Trinajstić information content (AvgIpc) is 2.88. The lowest BCUT2D eigenvalue weighted by Gasteiger charge is -2.19. The van der Waals surface area contributed by atoms with Crippen LogP contribution in [0.2, 0.25) is 0 Å². The van der Waals surface area contributed by atoms with Crippen molar-refractivity contribution in [3.05, 3.63) is 24.3 Å². The summed E-state index contributed by atoms with van der Waals surface area (Å²) in [7, 11) is 0. The van der Waals surface area contributed by atoms with Crippen molar-refractivity contribution >= 4 is 5.97 Å². The van der Waals surface area contributed by atoms with Crippen molar-refractivity contribution < 1.29 is 24.9 Å². The van der Waals surface area contributed by atoms with E-state index in [1.165, 1.54) is 0 Å². The SMILES string of the molecule is CCCCC[C@H](O)/C=C/[C@@H]1[C@@H](C/C=C\CCCC(=O)OC(C)C)[C@H](O)C[C@H]1O. The normalized spacial score (nSPS) is 26.5. The van der Waals surface area contributed by atoms with Crippen LogP contribution in [-0.4, -0.2) is 45.7 Å². The third-order valence-electron chi connectivity index (χ3n) is 5.27. The first-order valence-corrected chi connectivity index (χ1v) is 10.9. The quantitative estimate of drug-likeness (QED) is 0.250. The molecule has 1 saturated carbocycles. The summed E-state index contributed by atoms with van der Waals surface area (Å²) in [6, 6.07) is 0. The molecule has 0 aromatic heterocycles. The van der Waals surface area contributed by atoms with Gasteiger partial charge in [0, 0.05) is 18.8 Å². The Hall–Kier alpha value is -1.17. The van der Waals surface area contributed by atoms with Crippen molar-refractivity contribution in [2.75, 3.05) is 0 Å². The lowest BCUT2D eigenvalue weighted by atomic mass is 9.89. The molecule has 0 bridgehead atoms. The first kappa shape index (κ1) is 24.9. The third-order valence-corrected chi connectivity index (χ3v) is 5.27. The van der Waals surface area contributed by atoms with Crippen LogP contribution >= 0.6 is 0 Å². The molecule has 0 spiro atoms. The Morgan fingerprint density at radius 2 is 1.89 bits per heavy atom. The van der Waals surface area contributed by atoms with Crippen LogP contribution in [-0.2, 0) is 9.53 Å². The van der Waals surface area contributed by atoms with Gasteiger partial charge in [0.2, 0.25) is 0 Å². The highest BCUT2D eigenvalue weighted by Crippen LogP contribution is 2.36. The minimum Gasteiger partial charge on any atom is -0.463 e. The zero-order valence-corrected chi connectivity index (χ0v) is 17.8. The number of esters is 1. The number of allylic oxidation sites excluding steroid dienone is 2. The molecule has 162 valence electrons. The van der Waals surface area contributed by atoms with Crippen LogP contribution in [0.3, 0.4) is 0 Å². The summed E-state index contributed by atoms with van der Waals surface area (Å²) in [6.45, 7) is 5.82. The van der Waals surface area contributed by atoms with Crippen LogP contribution in [0.25, 0.3) is 0 Å². The Morgan fingerprint density at radius 1 is 1.14 bits per heavy atom. The topological polar surface area (TPSA) is 87.0 Å². The largest absolute Gasteiger partial charge is 0.463 e. The highest BCUT2D eigenvalue weighted by Gasteiger charge is 2.39. The van der Waals surface area contributed by atoms with E-state index in [1.54, 1.807) is 6.08 Å². The first-order valence-electron chi connectivity index (χ1n) is 10.9. The molecule has 0 aromatic carbocycles. The lowest BCUT2D eigenvalue weighted by Crippen LogP contribution is -2.20. The van der Waals surface area contributed by atoms with E-state index in [4.69, 9.17) is 4.74 Å². The van der Waals surface area contributed by atoms with Crippen molar-refractivity contribution in [3.8, 4) is 0 Å². The van der Waals surface area contributed by atoms with Gasteiger partial charge in [-0.1, -0.05) is 50.5 Å². The smallest absolute Gasteiger partial charge is 0.306 e. The molecule has 1 fully saturated rings. The highest BCUT2D eigenvalue weighted by atomic mass is 16.5. The fourth-order valence-electron chi connectivity index (χ4n) is 3.72. The summed E-state index contributed by atoms with van der Waals surface area (Å²) in [5, 5.41) is 30.6. The Bertz CT molecular complexity index is 485.